The van der Waals surface area contributed by atoms with Gasteiger partial charge in [-0.15, -0.1) is 0 Å². The van der Waals surface area contributed by atoms with E-state index < -0.39 is 16.7 Å². The molecule has 2 fully saturated rings. The SMILES string of the molecule is COc1cc([N+](=O)[O-])ccc1NC(=O)C(=O)N1CC2(C)CC1CC(C)(C)C2. The lowest BCUT2D eigenvalue weighted by molar-refractivity contribution is -0.384. The highest BCUT2D eigenvalue weighted by Gasteiger charge is 2.51. The molecule has 8 heteroatoms. The van der Waals surface area contributed by atoms with E-state index in [1.807, 2.05) is 0 Å². The van der Waals surface area contributed by atoms with Crippen molar-refractivity contribution in [2.75, 3.05) is 19.0 Å². The number of anilines is 1. The van der Waals surface area contributed by atoms with E-state index in [1.54, 1.807) is 4.90 Å². The highest BCUT2D eigenvalue weighted by atomic mass is 16.6. The number of ether oxygens (including phenoxy) is 1. The number of fused-ring (bicyclic) bond motifs is 2. The summed E-state index contributed by atoms with van der Waals surface area (Å²) in [5.74, 6) is -1.18. The number of likely N-dealkylation sites (tertiary alicyclic amines) is 1. The van der Waals surface area contributed by atoms with Crippen molar-refractivity contribution < 1.29 is 19.2 Å². The Morgan fingerprint density at radius 2 is 2.00 bits per heavy atom. The van der Waals surface area contributed by atoms with Gasteiger partial charge in [-0.1, -0.05) is 20.8 Å². The van der Waals surface area contributed by atoms with E-state index in [-0.39, 0.29) is 34.0 Å². The van der Waals surface area contributed by atoms with Crippen molar-refractivity contribution in [1.82, 2.24) is 4.90 Å². The van der Waals surface area contributed by atoms with Gasteiger partial charge in [0, 0.05) is 18.7 Å². The van der Waals surface area contributed by atoms with Gasteiger partial charge in [-0.25, -0.2) is 0 Å². The molecule has 2 bridgehead atoms. The summed E-state index contributed by atoms with van der Waals surface area (Å²) < 4.78 is 5.11. The summed E-state index contributed by atoms with van der Waals surface area (Å²) in [7, 11) is 1.35. The summed E-state index contributed by atoms with van der Waals surface area (Å²) in [6.07, 6.45) is 2.82. The van der Waals surface area contributed by atoms with Gasteiger partial charge in [0.05, 0.1) is 23.8 Å². The minimum Gasteiger partial charge on any atom is -0.494 e. The number of nitro benzene ring substituents is 1. The Balaban J connectivity index is 1.76. The molecule has 0 radical (unpaired) electrons. The van der Waals surface area contributed by atoms with Crippen molar-refractivity contribution in [2.45, 2.75) is 46.1 Å². The molecule has 2 aliphatic rings. The summed E-state index contributed by atoms with van der Waals surface area (Å²) in [5.41, 5.74) is 0.257. The molecule has 146 valence electrons. The van der Waals surface area contributed by atoms with Crippen LogP contribution in [-0.2, 0) is 9.59 Å². The minimum atomic E-state index is -0.754. The van der Waals surface area contributed by atoms with E-state index in [2.05, 4.69) is 26.1 Å². The Morgan fingerprint density at radius 1 is 1.30 bits per heavy atom. The molecule has 1 saturated carbocycles. The molecular formula is C19H25N3O5. The number of amides is 2. The smallest absolute Gasteiger partial charge is 0.314 e. The first-order valence-corrected chi connectivity index (χ1v) is 8.98. The molecule has 2 amide bonds. The molecule has 8 nitrogen and oxygen atoms in total. The van der Waals surface area contributed by atoms with Gasteiger partial charge in [0.1, 0.15) is 5.75 Å². The van der Waals surface area contributed by atoms with Crippen LogP contribution in [0.2, 0.25) is 0 Å². The van der Waals surface area contributed by atoms with E-state index in [9.17, 15) is 19.7 Å². The Kier molecular flexibility index (Phi) is 4.61. The number of methoxy groups -OCH3 is 1. The first-order valence-electron chi connectivity index (χ1n) is 8.98. The van der Waals surface area contributed by atoms with Crippen molar-refractivity contribution in [3.05, 3.63) is 28.3 Å². The van der Waals surface area contributed by atoms with E-state index >= 15 is 0 Å². The van der Waals surface area contributed by atoms with Crippen LogP contribution in [0.25, 0.3) is 0 Å². The molecule has 0 aromatic heterocycles. The van der Waals surface area contributed by atoms with Gasteiger partial charge in [0.2, 0.25) is 0 Å². The maximum Gasteiger partial charge on any atom is 0.314 e. The first kappa shape index (κ1) is 19.1. The minimum absolute atomic E-state index is 0.0351. The number of rotatable bonds is 3. The Labute approximate surface area is 158 Å². The molecule has 1 aliphatic carbocycles. The van der Waals surface area contributed by atoms with Gasteiger partial charge in [-0.05, 0) is 36.2 Å². The average Bonchev–Trinajstić information content (AvgIpc) is 2.82. The fraction of sp³-hybridized carbons (Fsp3) is 0.579. The summed E-state index contributed by atoms with van der Waals surface area (Å²) in [6, 6.07) is 3.91. The molecule has 27 heavy (non-hydrogen) atoms. The van der Waals surface area contributed by atoms with Crippen LogP contribution in [0.4, 0.5) is 11.4 Å². The Bertz CT molecular complexity index is 807. The van der Waals surface area contributed by atoms with Gasteiger partial charge in [-0.3, -0.25) is 19.7 Å². The third kappa shape index (κ3) is 3.74. The third-order valence-corrected chi connectivity index (χ3v) is 5.51. The van der Waals surface area contributed by atoms with E-state index in [0.717, 1.165) is 19.3 Å². The highest BCUT2D eigenvalue weighted by Crippen LogP contribution is 2.52. The van der Waals surface area contributed by atoms with Crippen molar-refractivity contribution in [3.63, 3.8) is 0 Å². The van der Waals surface area contributed by atoms with Crippen LogP contribution in [0.3, 0.4) is 0 Å². The van der Waals surface area contributed by atoms with Crippen molar-refractivity contribution in [2.24, 2.45) is 10.8 Å². The standard InChI is InChI=1S/C19H25N3O5/c1-18(2)8-13-9-19(3,10-18)11-21(13)17(24)16(23)20-14-6-5-12(22(25)26)7-15(14)27-4/h5-7,13H,8-11H2,1-4H3,(H,20,23). The largest absolute Gasteiger partial charge is 0.494 e. The molecule has 1 N–H and O–H groups in total. The molecule has 1 aromatic carbocycles. The van der Waals surface area contributed by atoms with Crippen molar-refractivity contribution in [1.29, 1.82) is 0 Å². The quantitative estimate of drug-likeness (QED) is 0.497. The second-order valence-electron chi connectivity index (χ2n) is 8.74. The van der Waals surface area contributed by atoms with Crippen molar-refractivity contribution >= 4 is 23.2 Å². The topological polar surface area (TPSA) is 102 Å². The molecular weight excluding hydrogens is 350 g/mol. The number of carbonyl (C=O) groups excluding carboxylic acids is 2. The fourth-order valence-corrected chi connectivity index (χ4v) is 4.90. The van der Waals surface area contributed by atoms with Crippen LogP contribution in [-0.4, -0.2) is 41.3 Å². The second-order valence-corrected chi connectivity index (χ2v) is 8.74. The molecule has 0 spiro atoms. The number of nitro groups is 1. The van der Waals surface area contributed by atoms with Crippen molar-refractivity contribution in [3.8, 4) is 5.75 Å². The summed E-state index contributed by atoms with van der Waals surface area (Å²) in [6.45, 7) is 7.15. The maximum absolute atomic E-state index is 12.8. The molecule has 1 saturated heterocycles. The van der Waals surface area contributed by atoms with Crippen LogP contribution in [0, 0.1) is 20.9 Å². The van der Waals surface area contributed by atoms with Crippen LogP contribution in [0.5, 0.6) is 5.75 Å². The number of carbonyl (C=O) groups is 2. The van der Waals surface area contributed by atoms with Gasteiger partial charge < -0.3 is 15.0 Å². The zero-order valence-electron chi connectivity index (χ0n) is 16.1. The molecule has 1 aliphatic heterocycles. The summed E-state index contributed by atoms with van der Waals surface area (Å²) in [5, 5.41) is 13.4. The number of hydrogen-bond donors (Lipinski definition) is 1. The fourth-order valence-electron chi connectivity index (χ4n) is 4.90. The zero-order valence-corrected chi connectivity index (χ0v) is 16.1. The van der Waals surface area contributed by atoms with Crippen LogP contribution in [0.15, 0.2) is 18.2 Å². The lowest BCUT2D eigenvalue weighted by atomic mass is 9.65. The second kappa shape index (κ2) is 6.51. The first-order chi connectivity index (χ1) is 12.5. The monoisotopic (exact) mass is 375 g/mol. The highest BCUT2D eigenvalue weighted by molar-refractivity contribution is 6.39. The predicted octanol–water partition coefficient (Wildman–Crippen LogP) is 2.97. The molecule has 2 atom stereocenters. The van der Waals surface area contributed by atoms with E-state index in [0.29, 0.717) is 6.54 Å². The normalized spacial score (nSPS) is 25.8. The third-order valence-electron chi connectivity index (χ3n) is 5.51. The Hall–Kier alpha value is -2.64. The lowest BCUT2D eigenvalue weighted by Gasteiger charge is -2.39. The number of hydrogen-bond acceptors (Lipinski definition) is 5. The molecule has 1 aromatic rings. The molecule has 1 heterocycles. The molecule has 3 rings (SSSR count). The number of non-ortho nitro benzene ring substituents is 1. The lowest BCUT2D eigenvalue weighted by Crippen LogP contribution is -2.43. The summed E-state index contributed by atoms with van der Waals surface area (Å²) in [4.78, 5) is 37.3. The zero-order chi connectivity index (χ0) is 20.0. The van der Waals surface area contributed by atoms with Gasteiger partial charge in [0.25, 0.3) is 5.69 Å². The van der Waals surface area contributed by atoms with Crippen LogP contribution < -0.4 is 10.1 Å². The van der Waals surface area contributed by atoms with Crippen LogP contribution in [0.1, 0.15) is 40.0 Å². The number of benzene rings is 1. The number of nitrogens with zero attached hydrogens (tertiary/aromatic N) is 2. The van der Waals surface area contributed by atoms with E-state index in [1.165, 1.54) is 25.3 Å². The summed E-state index contributed by atoms with van der Waals surface area (Å²) >= 11 is 0. The van der Waals surface area contributed by atoms with E-state index in [4.69, 9.17) is 4.74 Å². The Morgan fingerprint density at radius 3 is 2.63 bits per heavy atom. The predicted molar refractivity (Wildman–Crippen MR) is 99.5 cm³/mol. The van der Waals surface area contributed by atoms with Gasteiger partial charge >= 0.3 is 11.8 Å². The number of nitrogens with one attached hydrogen (secondary N) is 1. The van der Waals surface area contributed by atoms with Crippen LogP contribution >= 0.6 is 0 Å². The average molecular weight is 375 g/mol. The van der Waals surface area contributed by atoms with Gasteiger partial charge in [-0.2, -0.15) is 0 Å². The van der Waals surface area contributed by atoms with Gasteiger partial charge in [0.15, 0.2) is 0 Å². The molecule has 2 unspecified atom stereocenters. The maximum atomic E-state index is 12.8.